The lowest BCUT2D eigenvalue weighted by molar-refractivity contribution is -0.118. The summed E-state index contributed by atoms with van der Waals surface area (Å²) in [5, 5.41) is 5.22. The summed E-state index contributed by atoms with van der Waals surface area (Å²) in [6.45, 7) is 3.49. The predicted molar refractivity (Wildman–Crippen MR) is 125 cm³/mol. The SMILES string of the molecule is CC(=O)N1CCc2cc(NC(=O)CN3CCc4sccc4[C@H]3c3ccccc3)ccc21. The van der Waals surface area contributed by atoms with Gasteiger partial charge in [0.05, 0.1) is 12.6 Å². The number of thiophene rings is 1. The van der Waals surface area contributed by atoms with Crippen LogP contribution in [0, 0.1) is 0 Å². The van der Waals surface area contributed by atoms with Crippen LogP contribution in [0.1, 0.15) is 34.5 Å². The molecule has 0 radical (unpaired) electrons. The van der Waals surface area contributed by atoms with E-state index in [2.05, 4.69) is 45.9 Å². The van der Waals surface area contributed by atoms with Crippen molar-refractivity contribution in [3.63, 3.8) is 0 Å². The second-order valence-electron chi connectivity index (χ2n) is 8.15. The van der Waals surface area contributed by atoms with Gasteiger partial charge in [-0.1, -0.05) is 30.3 Å². The van der Waals surface area contributed by atoms with Gasteiger partial charge in [-0.3, -0.25) is 14.5 Å². The third kappa shape index (κ3) is 3.89. The van der Waals surface area contributed by atoms with E-state index in [1.54, 1.807) is 23.2 Å². The summed E-state index contributed by atoms with van der Waals surface area (Å²) in [4.78, 5) is 30.2. The molecule has 5 nitrogen and oxygen atoms in total. The van der Waals surface area contributed by atoms with Crippen LogP contribution in [0.3, 0.4) is 0 Å². The summed E-state index contributed by atoms with van der Waals surface area (Å²) in [7, 11) is 0. The maximum atomic E-state index is 13.0. The van der Waals surface area contributed by atoms with Crippen molar-refractivity contribution in [2.75, 3.05) is 29.9 Å². The summed E-state index contributed by atoms with van der Waals surface area (Å²) in [5.74, 6) is 0.0429. The Balaban J connectivity index is 1.33. The smallest absolute Gasteiger partial charge is 0.238 e. The Bertz CT molecular complexity index is 1120. The number of nitrogens with one attached hydrogen (secondary N) is 1. The lowest BCUT2D eigenvalue weighted by Gasteiger charge is -2.35. The van der Waals surface area contributed by atoms with E-state index in [9.17, 15) is 9.59 Å². The number of hydrogen-bond acceptors (Lipinski definition) is 4. The number of anilines is 2. The van der Waals surface area contributed by atoms with Crippen LogP contribution in [0.5, 0.6) is 0 Å². The van der Waals surface area contributed by atoms with Gasteiger partial charge in [0.25, 0.3) is 0 Å². The average Bonchev–Trinajstić information content (AvgIpc) is 3.40. The zero-order valence-corrected chi connectivity index (χ0v) is 18.3. The van der Waals surface area contributed by atoms with Gasteiger partial charge in [-0.2, -0.15) is 0 Å². The van der Waals surface area contributed by atoms with Crippen LogP contribution in [0.25, 0.3) is 0 Å². The number of fused-ring (bicyclic) bond motifs is 2. The molecule has 2 amide bonds. The van der Waals surface area contributed by atoms with Crippen LogP contribution in [0.4, 0.5) is 11.4 Å². The summed E-state index contributed by atoms with van der Waals surface area (Å²) >= 11 is 1.81. The van der Waals surface area contributed by atoms with Crippen LogP contribution in [-0.4, -0.2) is 36.3 Å². The lowest BCUT2D eigenvalue weighted by Crippen LogP contribution is -2.40. The number of nitrogens with zero attached hydrogens (tertiary/aromatic N) is 2. The van der Waals surface area contributed by atoms with Gasteiger partial charge >= 0.3 is 0 Å². The van der Waals surface area contributed by atoms with Crippen molar-refractivity contribution in [3.05, 3.63) is 81.5 Å². The first-order valence-electron chi connectivity index (χ1n) is 10.7. The molecule has 2 aliphatic rings. The largest absolute Gasteiger partial charge is 0.325 e. The molecular weight excluding hydrogens is 406 g/mol. The quantitative estimate of drug-likeness (QED) is 0.672. The number of amides is 2. The van der Waals surface area contributed by atoms with Gasteiger partial charge in [-0.15, -0.1) is 11.3 Å². The van der Waals surface area contributed by atoms with E-state index in [0.29, 0.717) is 13.1 Å². The van der Waals surface area contributed by atoms with Crippen LogP contribution < -0.4 is 10.2 Å². The predicted octanol–water partition coefficient (Wildman–Crippen LogP) is 4.24. The summed E-state index contributed by atoms with van der Waals surface area (Å²) < 4.78 is 0. The molecule has 3 aromatic rings. The van der Waals surface area contributed by atoms with Crippen molar-refractivity contribution >= 4 is 34.5 Å². The van der Waals surface area contributed by atoms with Gasteiger partial charge < -0.3 is 10.2 Å². The minimum absolute atomic E-state index is 0.0130. The number of carbonyl (C=O) groups excluding carboxylic acids is 2. The van der Waals surface area contributed by atoms with Gasteiger partial charge in [-0.05, 0) is 59.2 Å². The maximum absolute atomic E-state index is 13.0. The van der Waals surface area contributed by atoms with Gasteiger partial charge in [-0.25, -0.2) is 0 Å². The van der Waals surface area contributed by atoms with Gasteiger partial charge in [0.15, 0.2) is 0 Å². The molecule has 0 unspecified atom stereocenters. The van der Waals surface area contributed by atoms with E-state index in [4.69, 9.17) is 0 Å². The van der Waals surface area contributed by atoms with Crippen LogP contribution in [0.2, 0.25) is 0 Å². The first-order valence-corrected chi connectivity index (χ1v) is 11.5. The molecule has 0 fully saturated rings. The lowest BCUT2D eigenvalue weighted by atomic mass is 9.93. The van der Waals surface area contributed by atoms with E-state index < -0.39 is 0 Å². The van der Waals surface area contributed by atoms with Crippen molar-refractivity contribution < 1.29 is 9.59 Å². The van der Waals surface area contributed by atoms with Crippen LogP contribution in [-0.2, 0) is 22.4 Å². The van der Waals surface area contributed by atoms with E-state index in [1.165, 1.54) is 16.0 Å². The molecule has 6 heteroatoms. The molecule has 2 aromatic carbocycles. The standard InChI is InChI=1S/C25H25N3O2S/c1-17(29)28-13-9-19-15-20(7-8-22(19)28)26-24(30)16-27-12-10-23-21(11-14-31-23)25(27)18-5-3-2-4-6-18/h2-8,11,14-15,25H,9-10,12-13,16H2,1H3,(H,26,30)/t25-/m1/s1. The summed E-state index contributed by atoms with van der Waals surface area (Å²) in [6, 6.07) is 18.6. The second kappa shape index (κ2) is 8.29. The van der Waals surface area contributed by atoms with Crippen molar-refractivity contribution in [3.8, 4) is 0 Å². The number of carbonyl (C=O) groups is 2. The highest BCUT2D eigenvalue weighted by Crippen LogP contribution is 2.37. The molecular formula is C25H25N3O2S. The fourth-order valence-corrected chi connectivity index (χ4v) is 5.66. The maximum Gasteiger partial charge on any atom is 0.238 e. The van der Waals surface area contributed by atoms with Crippen molar-refractivity contribution in [1.29, 1.82) is 0 Å². The van der Waals surface area contributed by atoms with E-state index in [1.807, 2.05) is 24.3 Å². The highest BCUT2D eigenvalue weighted by molar-refractivity contribution is 7.10. The molecule has 0 spiro atoms. The van der Waals surface area contributed by atoms with Crippen molar-refractivity contribution in [2.24, 2.45) is 0 Å². The fourth-order valence-electron chi connectivity index (χ4n) is 4.76. The molecule has 0 saturated heterocycles. The second-order valence-corrected chi connectivity index (χ2v) is 9.15. The molecule has 0 bridgehead atoms. The molecule has 0 aliphatic carbocycles. The highest BCUT2D eigenvalue weighted by Gasteiger charge is 2.31. The molecule has 2 aliphatic heterocycles. The zero-order chi connectivity index (χ0) is 21.4. The molecule has 3 heterocycles. The average molecular weight is 432 g/mol. The highest BCUT2D eigenvalue weighted by atomic mass is 32.1. The zero-order valence-electron chi connectivity index (χ0n) is 17.5. The summed E-state index contributed by atoms with van der Waals surface area (Å²) in [6.07, 6.45) is 1.80. The molecule has 1 atom stereocenters. The normalized spacial score (nSPS) is 17.8. The van der Waals surface area contributed by atoms with Gasteiger partial charge in [0, 0.05) is 36.3 Å². The van der Waals surface area contributed by atoms with E-state index in [0.717, 1.165) is 36.3 Å². The Morgan fingerprint density at radius 1 is 1.06 bits per heavy atom. The monoisotopic (exact) mass is 431 g/mol. The van der Waals surface area contributed by atoms with Crippen molar-refractivity contribution in [1.82, 2.24) is 4.90 Å². The van der Waals surface area contributed by atoms with Crippen molar-refractivity contribution in [2.45, 2.75) is 25.8 Å². The Labute approximate surface area is 186 Å². The number of hydrogen-bond donors (Lipinski definition) is 1. The first-order chi connectivity index (χ1) is 15.1. The van der Waals surface area contributed by atoms with E-state index >= 15 is 0 Å². The van der Waals surface area contributed by atoms with Gasteiger partial charge in [0.2, 0.25) is 11.8 Å². The van der Waals surface area contributed by atoms with Gasteiger partial charge in [0.1, 0.15) is 0 Å². The Hall–Kier alpha value is -2.96. The molecule has 158 valence electrons. The third-order valence-corrected chi connectivity index (χ3v) is 7.16. The number of benzene rings is 2. The molecule has 0 saturated carbocycles. The summed E-state index contributed by atoms with van der Waals surface area (Å²) in [5.41, 5.74) is 5.39. The fraction of sp³-hybridized carbons (Fsp3) is 0.280. The van der Waals surface area contributed by atoms with Crippen LogP contribution in [0.15, 0.2) is 60.0 Å². The molecule has 1 aromatic heterocycles. The Morgan fingerprint density at radius 2 is 1.90 bits per heavy atom. The molecule has 1 N–H and O–H groups in total. The Morgan fingerprint density at radius 3 is 2.71 bits per heavy atom. The number of rotatable bonds is 4. The Kier molecular flexibility index (Phi) is 5.34. The topological polar surface area (TPSA) is 52.7 Å². The third-order valence-electron chi connectivity index (χ3n) is 6.17. The minimum atomic E-state index is -0.0130. The van der Waals surface area contributed by atoms with E-state index in [-0.39, 0.29) is 17.9 Å². The minimum Gasteiger partial charge on any atom is -0.325 e. The first kappa shape index (κ1) is 20.0. The van der Waals surface area contributed by atoms with Crippen LogP contribution >= 0.6 is 11.3 Å². The molecule has 31 heavy (non-hydrogen) atoms. The molecule has 5 rings (SSSR count).